The molecule has 106 valence electrons. The summed E-state index contributed by atoms with van der Waals surface area (Å²) < 4.78 is 4.88. The van der Waals surface area contributed by atoms with Crippen molar-refractivity contribution in [2.45, 2.75) is 13.8 Å². The molecular formula is C17H16N2O2. The fraction of sp³-hybridized carbons (Fsp3) is 0.176. The molecule has 4 heteroatoms. The molecule has 0 unspecified atom stereocenters. The Morgan fingerprint density at radius 2 is 1.90 bits per heavy atom. The minimum Gasteiger partial charge on any atom is -0.450 e. The van der Waals surface area contributed by atoms with Crippen LogP contribution in [-0.2, 0) is 4.74 Å². The van der Waals surface area contributed by atoms with Gasteiger partial charge in [-0.15, -0.1) is 0 Å². The first-order valence-electron chi connectivity index (χ1n) is 6.92. The summed E-state index contributed by atoms with van der Waals surface area (Å²) >= 11 is 0. The van der Waals surface area contributed by atoms with E-state index in [1.165, 1.54) is 5.39 Å². The Balaban J connectivity index is 2.10. The normalized spacial score (nSPS) is 10.8. The molecule has 3 rings (SSSR count). The number of aromatic nitrogens is 1. The maximum Gasteiger partial charge on any atom is 0.411 e. The van der Waals surface area contributed by atoms with E-state index >= 15 is 0 Å². The maximum atomic E-state index is 11.5. The number of carbonyl (C=O) groups excluding carboxylic acids is 1. The van der Waals surface area contributed by atoms with Crippen LogP contribution in [0.4, 0.5) is 10.5 Å². The van der Waals surface area contributed by atoms with Crippen molar-refractivity contribution in [1.82, 2.24) is 4.98 Å². The van der Waals surface area contributed by atoms with Gasteiger partial charge in [-0.3, -0.25) is 10.3 Å². The summed E-state index contributed by atoms with van der Waals surface area (Å²) in [5.41, 5.74) is 2.52. The number of aryl methyl sites for hydroxylation is 1. The first-order chi connectivity index (χ1) is 10.2. The van der Waals surface area contributed by atoms with Gasteiger partial charge in [0, 0.05) is 22.2 Å². The van der Waals surface area contributed by atoms with Gasteiger partial charge in [-0.05, 0) is 31.4 Å². The van der Waals surface area contributed by atoms with Crippen LogP contribution < -0.4 is 5.32 Å². The topological polar surface area (TPSA) is 51.2 Å². The zero-order chi connectivity index (χ0) is 14.8. The Morgan fingerprint density at radius 3 is 2.67 bits per heavy atom. The van der Waals surface area contributed by atoms with Crippen molar-refractivity contribution in [2.24, 2.45) is 0 Å². The first-order valence-corrected chi connectivity index (χ1v) is 6.92. The summed E-state index contributed by atoms with van der Waals surface area (Å²) in [5, 5.41) is 6.09. The molecular weight excluding hydrogens is 264 g/mol. The minimum atomic E-state index is -0.450. The second kappa shape index (κ2) is 5.40. The van der Waals surface area contributed by atoms with Crippen LogP contribution in [0.2, 0.25) is 0 Å². The molecule has 1 aromatic heterocycles. The molecule has 0 saturated carbocycles. The predicted octanol–water partition coefficient (Wildman–Crippen LogP) is 4.26. The third-order valence-electron chi connectivity index (χ3n) is 3.41. The van der Waals surface area contributed by atoms with E-state index in [9.17, 15) is 4.79 Å². The van der Waals surface area contributed by atoms with E-state index in [2.05, 4.69) is 22.4 Å². The summed E-state index contributed by atoms with van der Waals surface area (Å²) in [5.74, 6) is 0. The molecule has 0 bridgehead atoms. The number of amides is 1. The number of fused-ring (bicyclic) bond motifs is 3. The number of pyridine rings is 1. The number of nitrogens with zero attached hydrogens (tertiary/aromatic N) is 1. The molecule has 1 heterocycles. The molecule has 0 spiro atoms. The number of hydrogen-bond donors (Lipinski definition) is 1. The Kier molecular flexibility index (Phi) is 3.44. The SMILES string of the molecule is CCOC(=O)Nc1ccc2c(c1)nc(C)c1ccccc12. The molecule has 3 aromatic rings. The molecule has 21 heavy (non-hydrogen) atoms. The molecule has 0 atom stereocenters. The van der Waals surface area contributed by atoms with E-state index in [1.807, 2.05) is 37.3 Å². The number of ether oxygens (including phenoxy) is 1. The lowest BCUT2D eigenvalue weighted by atomic mass is 10.0. The minimum absolute atomic E-state index is 0.349. The van der Waals surface area contributed by atoms with E-state index in [0.29, 0.717) is 12.3 Å². The van der Waals surface area contributed by atoms with Gasteiger partial charge < -0.3 is 4.74 Å². The van der Waals surface area contributed by atoms with E-state index in [0.717, 1.165) is 22.0 Å². The van der Waals surface area contributed by atoms with Crippen LogP contribution in [0, 0.1) is 6.92 Å². The van der Waals surface area contributed by atoms with Crippen LogP contribution in [0.5, 0.6) is 0 Å². The molecule has 0 saturated heterocycles. The summed E-state index contributed by atoms with van der Waals surface area (Å²) in [6.45, 7) is 4.12. The fourth-order valence-electron chi connectivity index (χ4n) is 2.49. The number of nitrogens with one attached hydrogen (secondary N) is 1. The quantitative estimate of drug-likeness (QED) is 0.713. The van der Waals surface area contributed by atoms with Crippen molar-refractivity contribution < 1.29 is 9.53 Å². The van der Waals surface area contributed by atoms with Crippen LogP contribution in [0.1, 0.15) is 12.6 Å². The molecule has 1 amide bonds. The van der Waals surface area contributed by atoms with Gasteiger partial charge in [-0.1, -0.05) is 30.3 Å². The third-order valence-corrected chi connectivity index (χ3v) is 3.41. The van der Waals surface area contributed by atoms with Gasteiger partial charge in [0.1, 0.15) is 0 Å². The van der Waals surface area contributed by atoms with Gasteiger partial charge in [0.2, 0.25) is 0 Å². The second-order valence-corrected chi connectivity index (χ2v) is 4.82. The number of hydrogen-bond acceptors (Lipinski definition) is 3. The lowest BCUT2D eigenvalue weighted by Gasteiger charge is -2.09. The van der Waals surface area contributed by atoms with Crippen LogP contribution in [0.25, 0.3) is 21.7 Å². The first kappa shape index (κ1) is 13.4. The third kappa shape index (κ3) is 2.52. The molecule has 2 aromatic carbocycles. The zero-order valence-electron chi connectivity index (χ0n) is 12.0. The Bertz CT molecular complexity index is 827. The van der Waals surface area contributed by atoms with Crippen molar-refractivity contribution in [3.8, 4) is 0 Å². The smallest absolute Gasteiger partial charge is 0.411 e. The van der Waals surface area contributed by atoms with Gasteiger partial charge in [0.15, 0.2) is 0 Å². The molecule has 0 aliphatic heterocycles. The van der Waals surface area contributed by atoms with Crippen molar-refractivity contribution in [3.63, 3.8) is 0 Å². The highest BCUT2D eigenvalue weighted by Gasteiger charge is 2.07. The van der Waals surface area contributed by atoms with Crippen molar-refractivity contribution in [1.29, 1.82) is 0 Å². The monoisotopic (exact) mass is 280 g/mol. The molecule has 0 fully saturated rings. The van der Waals surface area contributed by atoms with Gasteiger partial charge in [-0.2, -0.15) is 0 Å². The van der Waals surface area contributed by atoms with Gasteiger partial charge >= 0.3 is 6.09 Å². The number of carbonyl (C=O) groups is 1. The van der Waals surface area contributed by atoms with Crippen molar-refractivity contribution in [3.05, 3.63) is 48.2 Å². The van der Waals surface area contributed by atoms with Gasteiger partial charge in [0.25, 0.3) is 0 Å². The summed E-state index contributed by atoms with van der Waals surface area (Å²) in [4.78, 5) is 16.1. The fourth-order valence-corrected chi connectivity index (χ4v) is 2.49. The van der Waals surface area contributed by atoms with Crippen LogP contribution in [0.3, 0.4) is 0 Å². The van der Waals surface area contributed by atoms with Crippen LogP contribution >= 0.6 is 0 Å². The highest BCUT2D eigenvalue weighted by Crippen LogP contribution is 2.27. The lowest BCUT2D eigenvalue weighted by Crippen LogP contribution is -2.13. The lowest BCUT2D eigenvalue weighted by molar-refractivity contribution is 0.168. The predicted molar refractivity (Wildman–Crippen MR) is 84.6 cm³/mol. The highest BCUT2D eigenvalue weighted by molar-refractivity contribution is 6.07. The van der Waals surface area contributed by atoms with E-state index in [-0.39, 0.29) is 0 Å². The van der Waals surface area contributed by atoms with E-state index < -0.39 is 6.09 Å². The summed E-state index contributed by atoms with van der Waals surface area (Å²) in [6.07, 6.45) is -0.450. The molecule has 0 radical (unpaired) electrons. The average Bonchev–Trinajstić information content (AvgIpc) is 2.47. The second-order valence-electron chi connectivity index (χ2n) is 4.82. The van der Waals surface area contributed by atoms with Crippen LogP contribution in [0.15, 0.2) is 42.5 Å². The zero-order valence-corrected chi connectivity index (χ0v) is 12.0. The summed E-state index contributed by atoms with van der Waals surface area (Å²) in [6, 6.07) is 13.9. The van der Waals surface area contributed by atoms with E-state index in [1.54, 1.807) is 6.92 Å². The Morgan fingerprint density at radius 1 is 1.14 bits per heavy atom. The van der Waals surface area contributed by atoms with Crippen molar-refractivity contribution >= 4 is 33.5 Å². The average molecular weight is 280 g/mol. The van der Waals surface area contributed by atoms with E-state index in [4.69, 9.17) is 4.74 Å². The Labute approximate surface area is 122 Å². The number of rotatable bonds is 2. The molecule has 1 N–H and O–H groups in total. The number of benzene rings is 2. The largest absolute Gasteiger partial charge is 0.450 e. The standard InChI is InChI=1S/C17H16N2O2/c1-3-21-17(20)19-12-8-9-15-14-7-5-4-6-13(14)11(2)18-16(15)10-12/h4-10H,3H2,1-2H3,(H,19,20). The molecule has 0 aliphatic rings. The molecule has 4 nitrogen and oxygen atoms in total. The number of anilines is 1. The van der Waals surface area contributed by atoms with Crippen LogP contribution in [-0.4, -0.2) is 17.7 Å². The van der Waals surface area contributed by atoms with Gasteiger partial charge in [0.05, 0.1) is 12.1 Å². The Hall–Kier alpha value is -2.62. The summed E-state index contributed by atoms with van der Waals surface area (Å²) in [7, 11) is 0. The maximum absolute atomic E-state index is 11.5. The van der Waals surface area contributed by atoms with Gasteiger partial charge in [-0.25, -0.2) is 4.79 Å². The molecule has 0 aliphatic carbocycles. The van der Waals surface area contributed by atoms with Crippen molar-refractivity contribution in [2.75, 3.05) is 11.9 Å². The highest BCUT2D eigenvalue weighted by atomic mass is 16.5.